The first-order valence-electron chi connectivity index (χ1n) is 11.2. The molecule has 2 heterocycles. The SMILES string of the molecule is CCN1CCN(c2ccc(S(=O)(=O)N3CCCCC3)cc2NC(=O)CC(C)C)CC1. The Morgan fingerprint density at radius 1 is 1.03 bits per heavy atom. The van der Waals surface area contributed by atoms with Crippen molar-refractivity contribution in [3.05, 3.63) is 18.2 Å². The highest BCUT2D eigenvalue weighted by molar-refractivity contribution is 7.89. The number of hydrogen-bond acceptors (Lipinski definition) is 5. The van der Waals surface area contributed by atoms with Crippen molar-refractivity contribution < 1.29 is 13.2 Å². The van der Waals surface area contributed by atoms with Crippen LogP contribution in [0.4, 0.5) is 11.4 Å². The van der Waals surface area contributed by atoms with Crippen LogP contribution in [-0.4, -0.2) is 69.3 Å². The van der Waals surface area contributed by atoms with Gasteiger partial charge >= 0.3 is 0 Å². The van der Waals surface area contributed by atoms with E-state index in [0.717, 1.165) is 57.7 Å². The number of piperazine rings is 1. The summed E-state index contributed by atoms with van der Waals surface area (Å²) in [4.78, 5) is 17.4. The predicted molar refractivity (Wildman–Crippen MR) is 121 cm³/mol. The van der Waals surface area contributed by atoms with Crippen LogP contribution >= 0.6 is 0 Å². The Bertz CT molecular complexity index is 827. The van der Waals surface area contributed by atoms with Gasteiger partial charge in [0.25, 0.3) is 0 Å². The van der Waals surface area contributed by atoms with Gasteiger partial charge in [0, 0.05) is 45.7 Å². The van der Waals surface area contributed by atoms with Crippen molar-refractivity contribution in [1.29, 1.82) is 0 Å². The maximum absolute atomic E-state index is 13.2. The van der Waals surface area contributed by atoms with E-state index in [-0.39, 0.29) is 16.7 Å². The minimum absolute atomic E-state index is 0.0778. The van der Waals surface area contributed by atoms with Crippen LogP contribution in [0.25, 0.3) is 0 Å². The van der Waals surface area contributed by atoms with Gasteiger partial charge < -0.3 is 15.1 Å². The Hall–Kier alpha value is -1.64. The molecule has 3 rings (SSSR count). The molecule has 2 aliphatic rings. The molecule has 1 N–H and O–H groups in total. The molecule has 0 atom stereocenters. The average molecular weight is 437 g/mol. The predicted octanol–water partition coefficient (Wildman–Crippen LogP) is 2.99. The largest absolute Gasteiger partial charge is 0.367 e. The van der Waals surface area contributed by atoms with Gasteiger partial charge in [0.1, 0.15) is 0 Å². The molecule has 168 valence electrons. The van der Waals surface area contributed by atoms with Crippen LogP contribution in [0.2, 0.25) is 0 Å². The molecule has 8 heteroatoms. The highest BCUT2D eigenvalue weighted by Gasteiger charge is 2.28. The molecule has 0 saturated carbocycles. The van der Waals surface area contributed by atoms with Crippen LogP contribution in [-0.2, 0) is 14.8 Å². The number of carbonyl (C=O) groups excluding carboxylic acids is 1. The monoisotopic (exact) mass is 436 g/mol. The number of carbonyl (C=O) groups is 1. The number of amides is 1. The van der Waals surface area contributed by atoms with E-state index in [9.17, 15) is 13.2 Å². The average Bonchev–Trinajstić information content (AvgIpc) is 2.74. The number of sulfonamides is 1. The zero-order valence-corrected chi connectivity index (χ0v) is 19.4. The van der Waals surface area contributed by atoms with E-state index < -0.39 is 10.0 Å². The summed E-state index contributed by atoms with van der Waals surface area (Å²) in [6.45, 7) is 12.0. The third-order valence-corrected chi connectivity index (χ3v) is 7.84. The molecule has 0 aromatic heterocycles. The van der Waals surface area contributed by atoms with E-state index in [1.165, 1.54) is 0 Å². The number of anilines is 2. The molecule has 7 nitrogen and oxygen atoms in total. The minimum Gasteiger partial charge on any atom is -0.367 e. The maximum atomic E-state index is 13.2. The van der Waals surface area contributed by atoms with Crippen molar-refractivity contribution in [1.82, 2.24) is 9.21 Å². The lowest BCUT2D eigenvalue weighted by atomic mass is 10.1. The molecular weight excluding hydrogens is 400 g/mol. The second-order valence-electron chi connectivity index (χ2n) is 8.71. The second kappa shape index (κ2) is 10.1. The van der Waals surface area contributed by atoms with Gasteiger partial charge in [0.2, 0.25) is 15.9 Å². The van der Waals surface area contributed by atoms with Crippen LogP contribution < -0.4 is 10.2 Å². The smallest absolute Gasteiger partial charge is 0.243 e. The van der Waals surface area contributed by atoms with Gasteiger partial charge in [-0.1, -0.05) is 27.2 Å². The lowest BCUT2D eigenvalue weighted by Crippen LogP contribution is -2.46. The fraction of sp³-hybridized carbons (Fsp3) is 0.682. The van der Waals surface area contributed by atoms with E-state index in [1.54, 1.807) is 16.4 Å². The number of nitrogens with one attached hydrogen (secondary N) is 1. The Balaban J connectivity index is 1.89. The minimum atomic E-state index is -3.55. The van der Waals surface area contributed by atoms with Crippen molar-refractivity contribution in [3.63, 3.8) is 0 Å². The molecule has 2 fully saturated rings. The van der Waals surface area contributed by atoms with Crippen LogP contribution in [0.3, 0.4) is 0 Å². The van der Waals surface area contributed by atoms with Crippen molar-refractivity contribution in [3.8, 4) is 0 Å². The van der Waals surface area contributed by atoms with Crippen LogP contribution in [0.1, 0.15) is 46.5 Å². The lowest BCUT2D eigenvalue weighted by Gasteiger charge is -2.36. The maximum Gasteiger partial charge on any atom is 0.243 e. The Kier molecular flexibility index (Phi) is 7.76. The molecule has 1 amide bonds. The van der Waals surface area contributed by atoms with Gasteiger partial charge in [-0.25, -0.2) is 8.42 Å². The Morgan fingerprint density at radius 3 is 2.30 bits per heavy atom. The van der Waals surface area contributed by atoms with Crippen LogP contribution in [0.5, 0.6) is 0 Å². The van der Waals surface area contributed by atoms with Crippen molar-refractivity contribution >= 4 is 27.3 Å². The number of piperidine rings is 1. The molecule has 0 spiro atoms. The Labute approximate surface area is 181 Å². The fourth-order valence-electron chi connectivity index (χ4n) is 4.18. The summed E-state index contributed by atoms with van der Waals surface area (Å²) in [6, 6.07) is 5.22. The first-order chi connectivity index (χ1) is 14.3. The molecule has 0 radical (unpaired) electrons. The topological polar surface area (TPSA) is 73.0 Å². The summed E-state index contributed by atoms with van der Waals surface area (Å²) in [6.07, 6.45) is 3.28. The van der Waals surface area contributed by atoms with E-state index >= 15 is 0 Å². The molecule has 0 bridgehead atoms. The quantitative estimate of drug-likeness (QED) is 0.711. The molecule has 2 aliphatic heterocycles. The summed E-state index contributed by atoms with van der Waals surface area (Å²) in [5, 5.41) is 3.00. The Morgan fingerprint density at radius 2 is 1.70 bits per heavy atom. The summed E-state index contributed by atoms with van der Waals surface area (Å²) < 4.78 is 27.9. The molecule has 0 unspecified atom stereocenters. The zero-order valence-electron chi connectivity index (χ0n) is 18.6. The molecule has 2 saturated heterocycles. The molecular formula is C22H36N4O3S. The zero-order chi connectivity index (χ0) is 21.7. The highest BCUT2D eigenvalue weighted by Crippen LogP contribution is 2.32. The van der Waals surface area contributed by atoms with E-state index in [0.29, 0.717) is 25.2 Å². The summed E-state index contributed by atoms with van der Waals surface area (Å²) >= 11 is 0. The standard InChI is InChI=1S/C22H36N4O3S/c1-4-24-12-14-25(15-13-24)21-9-8-19(17-20(21)23-22(27)16-18(2)3)30(28,29)26-10-6-5-7-11-26/h8-9,17-18H,4-7,10-16H2,1-3H3,(H,23,27). The van der Waals surface area contributed by atoms with Gasteiger partial charge in [-0.2, -0.15) is 4.31 Å². The van der Waals surface area contributed by atoms with E-state index in [2.05, 4.69) is 22.0 Å². The number of benzene rings is 1. The first-order valence-corrected chi connectivity index (χ1v) is 12.7. The number of hydrogen-bond donors (Lipinski definition) is 1. The number of likely N-dealkylation sites (N-methyl/N-ethyl adjacent to an activating group) is 1. The van der Waals surface area contributed by atoms with Gasteiger partial charge in [0.15, 0.2) is 0 Å². The lowest BCUT2D eigenvalue weighted by molar-refractivity contribution is -0.116. The number of rotatable bonds is 7. The van der Waals surface area contributed by atoms with Gasteiger partial charge in [-0.3, -0.25) is 4.79 Å². The molecule has 30 heavy (non-hydrogen) atoms. The van der Waals surface area contributed by atoms with Gasteiger partial charge in [-0.05, 0) is 43.5 Å². The van der Waals surface area contributed by atoms with Crippen LogP contribution in [0, 0.1) is 5.92 Å². The van der Waals surface area contributed by atoms with Gasteiger partial charge in [0.05, 0.1) is 16.3 Å². The highest BCUT2D eigenvalue weighted by atomic mass is 32.2. The normalized spacial score (nSPS) is 19.3. The van der Waals surface area contributed by atoms with Crippen molar-refractivity contribution in [2.75, 3.05) is 56.0 Å². The summed E-state index contributed by atoms with van der Waals surface area (Å²) in [5.41, 5.74) is 1.50. The fourth-order valence-corrected chi connectivity index (χ4v) is 5.73. The first kappa shape index (κ1) is 23.0. The van der Waals surface area contributed by atoms with Gasteiger partial charge in [-0.15, -0.1) is 0 Å². The molecule has 1 aromatic rings. The van der Waals surface area contributed by atoms with Crippen molar-refractivity contribution in [2.24, 2.45) is 5.92 Å². The molecule has 1 aromatic carbocycles. The molecule has 0 aliphatic carbocycles. The third kappa shape index (κ3) is 5.53. The van der Waals surface area contributed by atoms with Crippen LogP contribution in [0.15, 0.2) is 23.1 Å². The second-order valence-corrected chi connectivity index (χ2v) is 10.6. The summed E-state index contributed by atoms with van der Waals surface area (Å²) in [5.74, 6) is 0.160. The summed E-state index contributed by atoms with van der Waals surface area (Å²) in [7, 11) is -3.55. The van der Waals surface area contributed by atoms with Crippen molar-refractivity contribution in [2.45, 2.75) is 51.3 Å². The third-order valence-electron chi connectivity index (χ3n) is 5.95. The van der Waals surface area contributed by atoms with E-state index in [4.69, 9.17) is 0 Å². The van der Waals surface area contributed by atoms with E-state index in [1.807, 2.05) is 19.9 Å². The number of nitrogens with zero attached hydrogens (tertiary/aromatic N) is 3.